The Morgan fingerprint density at radius 1 is 1.07 bits per heavy atom. The molecule has 2 aromatic carbocycles. The molecule has 1 aliphatic rings. The van der Waals surface area contributed by atoms with Crippen molar-refractivity contribution in [1.82, 2.24) is 18.0 Å². The van der Waals surface area contributed by atoms with Crippen LogP contribution in [0.2, 0.25) is 0 Å². The molecular weight excluding hydrogens is 400 g/mol. The molecule has 1 aromatic heterocycles. The second kappa shape index (κ2) is 7.46. The lowest BCUT2D eigenvalue weighted by molar-refractivity contribution is 0.0697. The lowest BCUT2D eigenvalue weighted by Crippen LogP contribution is -2.50. The van der Waals surface area contributed by atoms with E-state index in [0.29, 0.717) is 35.4 Å². The number of hydrogen-bond acceptors (Lipinski definition) is 7. The van der Waals surface area contributed by atoms with Crippen LogP contribution in [0.25, 0.3) is 11.0 Å². The first-order valence-corrected chi connectivity index (χ1v) is 10.8. The van der Waals surface area contributed by atoms with Crippen LogP contribution in [-0.4, -0.2) is 65.6 Å². The predicted octanol–water partition coefficient (Wildman–Crippen LogP) is 1.85. The van der Waals surface area contributed by atoms with Crippen molar-refractivity contribution in [2.45, 2.75) is 4.90 Å². The first kappa shape index (κ1) is 18.8. The Kier molecular flexibility index (Phi) is 5.00. The maximum Gasteiger partial charge on any atom is 0.254 e. The van der Waals surface area contributed by atoms with Gasteiger partial charge < -0.3 is 9.64 Å². The number of piperazine rings is 1. The topological polar surface area (TPSA) is 92.7 Å². The minimum Gasteiger partial charge on any atom is -0.497 e. The van der Waals surface area contributed by atoms with Crippen LogP contribution >= 0.6 is 11.7 Å². The lowest BCUT2D eigenvalue weighted by atomic mass is 10.1. The van der Waals surface area contributed by atoms with Crippen molar-refractivity contribution in [3.63, 3.8) is 0 Å². The fraction of sp³-hybridized carbons (Fsp3) is 0.278. The van der Waals surface area contributed by atoms with Crippen LogP contribution < -0.4 is 4.74 Å². The zero-order valence-corrected chi connectivity index (χ0v) is 16.7. The van der Waals surface area contributed by atoms with Gasteiger partial charge in [0.1, 0.15) is 21.7 Å². The van der Waals surface area contributed by atoms with Gasteiger partial charge in [-0.3, -0.25) is 4.79 Å². The van der Waals surface area contributed by atoms with Crippen molar-refractivity contribution in [1.29, 1.82) is 0 Å². The van der Waals surface area contributed by atoms with E-state index in [4.69, 9.17) is 4.74 Å². The Bertz CT molecular complexity index is 1120. The summed E-state index contributed by atoms with van der Waals surface area (Å²) in [6, 6.07) is 11.9. The number of carbonyl (C=O) groups is 1. The van der Waals surface area contributed by atoms with Crippen molar-refractivity contribution in [3.05, 3.63) is 48.0 Å². The number of ether oxygens (including phenoxy) is 1. The average molecular weight is 419 g/mol. The Labute approximate surface area is 166 Å². The second-order valence-corrected chi connectivity index (χ2v) is 8.75. The molecule has 0 bridgehead atoms. The highest BCUT2D eigenvalue weighted by Gasteiger charge is 2.32. The van der Waals surface area contributed by atoms with Crippen LogP contribution in [-0.2, 0) is 10.0 Å². The van der Waals surface area contributed by atoms with E-state index in [2.05, 4.69) is 8.75 Å². The monoisotopic (exact) mass is 418 g/mol. The molecule has 0 atom stereocenters. The fourth-order valence-electron chi connectivity index (χ4n) is 3.20. The van der Waals surface area contributed by atoms with Crippen LogP contribution in [0.15, 0.2) is 47.4 Å². The fourth-order valence-corrected chi connectivity index (χ4v) is 5.37. The molecule has 0 N–H and O–H groups in total. The number of carbonyl (C=O) groups excluding carboxylic acids is 1. The molecule has 0 saturated carbocycles. The van der Waals surface area contributed by atoms with E-state index in [1.165, 1.54) is 4.31 Å². The van der Waals surface area contributed by atoms with Gasteiger partial charge in [0.05, 0.1) is 18.8 Å². The van der Waals surface area contributed by atoms with Gasteiger partial charge in [0.2, 0.25) is 10.0 Å². The van der Waals surface area contributed by atoms with E-state index < -0.39 is 10.0 Å². The highest BCUT2D eigenvalue weighted by atomic mass is 32.2. The summed E-state index contributed by atoms with van der Waals surface area (Å²) in [6.07, 6.45) is 0. The lowest BCUT2D eigenvalue weighted by Gasteiger charge is -2.34. The van der Waals surface area contributed by atoms with Gasteiger partial charge in [-0.25, -0.2) is 8.42 Å². The van der Waals surface area contributed by atoms with Gasteiger partial charge in [0, 0.05) is 31.7 Å². The number of sulfonamides is 1. The second-order valence-electron chi connectivity index (χ2n) is 6.32. The molecule has 3 aromatic rings. The van der Waals surface area contributed by atoms with E-state index in [9.17, 15) is 13.2 Å². The summed E-state index contributed by atoms with van der Waals surface area (Å²) in [5.41, 5.74) is 1.48. The van der Waals surface area contributed by atoms with Crippen LogP contribution in [0.4, 0.5) is 0 Å². The van der Waals surface area contributed by atoms with E-state index >= 15 is 0 Å². The van der Waals surface area contributed by atoms with E-state index in [1.54, 1.807) is 54.5 Å². The molecule has 28 heavy (non-hydrogen) atoms. The summed E-state index contributed by atoms with van der Waals surface area (Å²) in [6.45, 7) is 1.10. The largest absolute Gasteiger partial charge is 0.497 e. The molecule has 1 amide bonds. The molecule has 1 fully saturated rings. The average Bonchev–Trinajstić information content (AvgIpc) is 3.22. The molecule has 0 unspecified atom stereocenters. The first-order valence-electron chi connectivity index (χ1n) is 8.65. The maximum absolute atomic E-state index is 13.1. The SMILES string of the molecule is COc1cccc(C(=O)N2CCN(S(=O)(=O)c3cccc4nsnc34)CC2)c1. The zero-order chi connectivity index (χ0) is 19.7. The summed E-state index contributed by atoms with van der Waals surface area (Å²) in [7, 11) is -2.16. The number of nitrogens with zero attached hydrogens (tertiary/aromatic N) is 4. The van der Waals surface area contributed by atoms with Crippen LogP contribution in [0, 0.1) is 0 Å². The minimum atomic E-state index is -3.70. The number of hydrogen-bond donors (Lipinski definition) is 0. The van der Waals surface area contributed by atoms with E-state index in [-0.39, 0.29) is 23.9 Å². The molecule has 0 aliphatic carbocycles. The van der Waals surface area contributed by atoms with Crippen molar-refractivity contribution in [2.75, 3.05) is 33.3 Å². The first-order chi connectivity index (χ1) is 13.5. The van der Waals surface area contributed by atoms with Crippen LogP contribution in [0.3, 0.4) is 0 Å². The number of aromatic nitrogens is 2. The zero-order valence-electron chi connectivity index (χ0n) is 15.1. The van der Waals surface area contributed by atoms with Gasteiger partial charge in [0.15, 0.2) is 0 Å². The van der Waals surface area contributed by atoms with E-state index in [1.807, 2.05) is 0 Å². The molecule has 1 aliphatic heterocycles. The molecular formula is C18H18N4O4S2. The van der Waals surface area contributed by atoms with Crippen molar-refractivity contribution < 1.29 is 17.9 Å². The quantitative estimate of drug-likeness (QED) is 0.642. The molecule has 1 saturated heterocycles. The summed E-state index contributed by atoms with van der Waals surface area (Å²) in [4.78, 5) is 14.5. The third-order valence-corrected chi connectivity index (χ3v) is 7.18. The normalized spacial score (nSPS) is 15.7. The van der Waals surface area contributed by atoms with Crippen LogP contribution in [0.1, 0.15) is 10.4 Å². The van der Waals surface area contributed by atoms with Crippen molar-refractivity contribution in [2.24, 2.45) is 0 Å². The number of amides is 1. The van der Waals surface area contributed by atoms with Crippen molar-refractivity contribution >= 4 is 38.7 Å². The number of methoxy groups -OCH3 is 1. The van der Waals surface area contributed by atoms with Gasteiger partial charge in [-0.15, -0.1) is 0 Å². The summed E-state index contributed by atoms with van der Waals surface area (Å²) in [5.74, 6) is 0.471. The molecule has 2 heterocycles. The molecule has 146 valence electrons. The molecule has 8 nitrogen and oxygen atoms in total. The van der Waals surface area contributed by atoms with Gasteiger partial charge >= 0.3 is 0 Å². The van der Waals surface area contributed by atoms with E-state index in [0.717, 1.165) is 11.7 Å². The number of benzene rings is 2. The van der Waals surface area contributed by atoms with Gasteiger partial charge in [-0.1, -0.05) is 12.1 Å². The van der Waals surface area contributed by atoms with Gasteiger partial charge in [0.25, 0.3) is 5.91 Å². The highest BCUT2D eigenvalue weighted by Crippen LogP contribution is 2.25. The van der Waals surface area contributed by atoms with Crippen LogP contribution in [0.5, 0.6) is 5.75 Å². The predicted molar refractivity (Wildman–Crippen MR) is 105 cm³/mol. The third kappa shape index (κ3) is 3.34. The molecule has 10 heteroatoms. The minimum absolute atomic E-state index is 0.137. The third-order valence-electron chi connectivity index (χ3n) is 4.71. The molecule has 4 rings (SSSR count). The smallest absolute Gasteiger partial charge is 0.254 e. The van der Waals surface area contributed by atoms with Crippen molar-refractivity contribution in [3.8, 4) is 5.75 Å². The molecule has 0 spiro atoms. The van der Waals surface area contributed by atoms with Gasteiger partial charge in [-0.2, -0.15) is 13.1 Å². The number of rotatable bonds is 4. The summed E-state index contributed by atoms with van der Waals surface area (Å²) >= 11 is 0.989. The maximum atomic E-state index is 13.1. The summed E-state index contributed by atoms with van der Waals surface area (Å²) < 4.78 is 40.9. The number of fused-ring (bicyclic) bond motifs is 1. The molecule has 0 radical (unpaired) electrons. The Morgan fingerprint density at radius 3 is 2.57 bits per heavy atom. The summed E-state index contributed by atoms with van der Waals surface area (Å²) in [5, 5.41) is 0. The standard InChI is InChI=1S/C18H18N4O4S2/c1-26-14-5-2-4-13(12-14)18(23)21-8-10-22(11-9-21)28(24,25)16-7-3-6-15-17(16)20-27-19-15/h2-7,12H,8-11H2,1H3. The Hall–Kier alpha value is -2.56. The highest BCUT2D eigenvalue weighted by molar-refractivity contribution is 7.89. The van der Waals surface area contributed by atoms with Gasteiger partial charge in [-0.05, 0) is 30.3 Å². The Morgan fingerprint density at radius 2 is 1.82 bits per heavy atom. The Balaban J connectivity index is 1.50.